The topological polar surface area (TPSA) is 64.7 Å². The Morgan fingerprint density at radius 1 is 1.36 bits per heavy atom. The number of aromatic nitrogens is 3. The Hall–Kier alpha value is -1.20. The number of nitrogens with zero attached hydrogens (tertiary/aromatic N) is 3. The third-order valence-corrected chi connectivity index (χ3v) is 2.86. The van der Waals surface area contributed by atoms with E-state index in [4.69, 9.17) is 17.3 Å². The highest BCUT2D eigenvalue weighted by Crippen LogP contribution is 2.31. The van der Waals surface area contributed by atoms with E-state index in [-0.39, 0.29) is 0 Å². The lowest BCUT2D eigenvalue weighted by atomic mass is 10.3. The molecular weight excluding hydrogens is 220 g/mol. The molecule has 0 amide bonds. The van der Waals surface area contributed by atoms with Crippen molar-refractivity contribution in [3.8, 4) is 10.6 Å². The van der Waals surface area contributed by atoms with E-state index in [0.29, 0.717) is 21.7 Å². The van der Waals surface area contributed by atoms with Gasteiger partial charge >= 0.3 is 0 Å². The maximum absolute atomic E-state index is 5.80. The van der Waals surface area contributed by atoms with Crippen LogP contribution in [0.5, 0.6) is 0 Å². The molecule has 2 heterocycles. The Bertz CT molecular complexity index is 468. The molecule has 0 spiro atoms. The van der Waals surface area contributed by atoms with E-state index in [2.05, 4.69) is 15.2 Å². The maximum atomic E-state index is 5.80. The van der Waals surface area contributed by atoms with Crippen LogP contribution in [-0.4, -0.2) is 15.2 Å². The number of rotatable bonds is 1. The number of hydrogen-bond acceptors (Lipinski definition) is 5. The molecule has 2 rings (SSSR count). The van der Waals surface area contributed by atoms with Crippen LogP contribution in [0.4, 0.5) is 5.82 Å². The van der Waals surface area contributed by atoms with Crippen LogP contribution in [0, 0.1) is 6.92 Å². The highest BCUT2D eigenvalue weighted by Gasteiger charge is 2.09. The summed E-state index contributed by atoms with van der Waals surface area (Å²) in [6, 6.07) is 3.65. The van der Waals surface area contributed by atoms with E-state index in [1.807, 2.05) is 6.07 Å². The van der Waals surface area contributed by atoms with E-state index in [9.17, 15) is 0 Å². The minimum absolute atomic E-state index is 0.385. The Labute approximate surface area is 89.8 Å². The summed E-state index contributed by atoms with van der Waals surface area (Å²) in [5.74, 6) is 0.949. The Morgan fingerprint density at radius 3 is 2.71 bits per heavy atom. The SMILES string of the molecule is Cc1nnc(-c2ccc(Cl)s2)c(N)n1. The zero-order valence-corrected chi connectivity index (χ0v) is 8.93. The summed E-state index contributed by atoms with van der Waals surface area (Å²) in [6.07, 6.45) is 0. The highest BCUT2D eigenvalue weighted by molar-refractivity contribution is 7.19. The molecule has 0 unspecified atom stereocenters. The standard InChI is InChI=1S/C8H7ClN4S/c1-4-11-8(10)7(13-12-4)5-2-3-6(9)14-5/h2-3H,1H3,(H2,10,11,12). The second-order valence-corrected chi connectivity index (χ2v) is 4.41. The smallest absolute Gasteiger partial charge is 0.155 e. The summed E-state index contributed by atoms with van der Waals surface area (Å²) < 4.78 is 0.696. The van der Waals surface area contributed by atoms with Crippen LogP contribution in [0.15, 0.2) is 12.1 Å². The van der Waals surface area contributed by atoms with Gasteiger partial charge in [-0.3, -0.25) is 0 Å². The van der Waals surface area contributed by atoms with Gasteiger partial charge in [-0.2, -0.15) is 0 Å². The van der Waals surface area contributed by atoms with Crippen LogP contribution in [0.1, 0.15) is 5.82 Å². The molecule has 4 nitrogen and oxygen atoms in total. The third-order valence-electron chi connectivity index (χ3n) is 1.63. The van der Waals surface area contributed by atoms with Crippen LogP contribution in [0.3, 0.4) is 0 Å². The van der Waals surface area contributed by atoms with Gasteiger partial charge in [-0.25, -0.2) is 4.98 Å². The fraction of sp³-hybridized carbons (Fsp3) is 0.125. The van der Waals surface area contributed by atoms with Gasteiger partial charge in [0.1, 0.15) is 11.5 Å². The van der Waals surface area contributed by atoms with Crippen molar-refractivity contribution in [1.29, 1.82) is 0 Å². The molecule has 0 aliphatic heterocycles. The summed E-state index contributed by atoms with van der Waals surface area (Å²) in [7, 11) is 0. The average molecular weight is 227 g/mol. The van der Waals surface area contributed by atoms with Crippen molar-refractivity contribution in [3.63, 3.8) is 0 Å². The first-order valence-electron chi connectivity index (χ1n) is 3.89. The van der Waals surface area contributed by atoms with Crippen molar-refractivity contribution in [2.75, 3.05) is 5.73 Å². The first kappa shape index (κ1) is 9.36. The summed E-state index contributed by atoms with van der Waals surface area (Å²) >= 11 is 7.21. The molecule has 0 saturated carbocycles. The van der Waals surface area contributed by atoms with E-state index in [1.54, 1.807) is 13.0 Å². The van der Waals surface area contributed by atoms with E-state index in [1.165, 1.54) is 11.3 Å². The van der Waals surface area contributed by atoms with Crippen molar-refractivity contribution in [3.05, 3.63) is 22.3 Å². The molecule has 0 aromatic carbocycles. The van der Waals surface area contributed by atoms with Gasteiger partial charge in [0.05, 0.1) is 9.21 Å². The van der Waals surface area contributed by atoms with E-state index < -0.39 is 0 Å². The fourth-order valence-corrected chi connectivity index (χ4v) is 2.08. The number of halogens is 1. The molecule has 2 N–H and O–H groups in total. The second-order valence-electron chi connectivity index (χ2n) is 2.70. The van der Waals surface area contributed by atoms with Gasteiger partial charge in [-0.1, -0.05) is 11.6 Å². The predicted octanol–water partition coefficient (Wildman–Crippen LogP) is 2.14. The van der Waals surface area contributed by atoms with Crippen LogP contribution in [0.2, 0.25) is 4.34 Å². The van der Waals surface area contributed by atoms with E-state index >= 15 is 0 Å². The number of thiophene rings is 1. The van der Waals surface area contributed by atoms with Crippen molar-refractivity contribution in [1.82, 2.24) is 15.2 Å². The molecule has 2 aromatic heterocycles. The van der Waals surface area contributed by atoms with Gasteiger partial charge in [-0.05, 0) is 19.1 Å². The molecule has 0 aliphatic rings. The number of aryl methyl sites for hydroxylation is 1. The molecule has 6 heteroatoms. The molecule has 0 bridgehead atoms. The largest absolute Gasteiger partial charge is 0.382 e. The van der Waals surface area contributed by atoms with Crippen LogP contribution in [-0.2, 0) is 0 Å². The van der Waals surface area contributed by atoms with Crippen LogP contribution < -0.4 is 5.73 Å². The minimum Gasteiger partial charge on any atom is -0.382 e. The Kier molecular flexibility index (Phi) is 2.35. The molecule has 0 saturated heterocycles. The Morgan fingerprint density at radius 2 is 2.14 bits per heavy atom. The van der Waals surface area contributed by atoms with Crippen molar-refractivity contribution in [2.24, 2.45) is 0 Å². The Balaban J connectivity index is 2.52. The summed E-state index contributed by atoms with van der Waals surface area (Å²) in [5.41, 5.74) is 6.30. The zero-order valence-electron chi connectivity index (χ0n) is 7.36. The van der Waals surface area contributed by atoms with Crippen LogP contribution in [0.25, 0.3) is 10.6 Å². The van der Waals surface area contributed by atoms with Gasteiger partial charge in [0.25, 0.3) is 0 Å². The molecule has 0 fully saturated rings. The lowest BCUT2D eigenvalue weighted by Gasteiger charge is -1.99. The number of nitrogens with two attached hydrogens (primary N) is 1. The quantitative estimate of drug-likeness (QED) is 0.809. The summed E-state index contributed by atoms with van der Waals surface area (Å²) in [4.78, 5) is 4.91. The molecule has 14 heavy (non-hydrogen) atoms. The number of hydrogen-bond donors (Lipinski definition) is 1. The summed E-state index contributed by atoms with van der Waals surface area (Å²) in [6.45, 7) is 1.74. The molecule has 0 atom stereocenters. The molecular formula is C8H7ClN4S. The first-order chi connectivity index (χ1) is 6.66. The van der Waals surface area contributed by atoms with Gasteiger partial charge in [0.2, 0.25) is 0 Å². The summed E-state index contributed by atoms with van der Waals surface area (Å²) in [5, 5.41) is 7.82. The monoisotopic (exact) mass is 226 g/mol. The zero-order chi connectivity index (χ0) is 10.1. The van der Waals surface area contributed by atoms with Crippen molar-refractivity contribution >= 4 is 28.8 Å². The highest BCUT2D eigenvalue weighted by atomic mass is 35.5. The first-order valence-corrected chi connectivity index (χ1v) is 5.09. The molecule has 2 aromatic rings. The fourth-order valence-electron chi connectivity index (χ4n) is 1.04. The molecule has 0 aliphatic carbocycles. The molecule has 72 valence electrons. The number of anilines is 1. The van der Waals surface area contributed by atoms with Gasteiger partial charge in [0.15, 0.2) is 5.82 Å². The van der Waals surface area contributed by atoms with Gasteiger partial charge < -0.3 is 5.73 Å². The maximum Gasteiger partial charge on any atom is 0.155 e. The lowest BCUT2D eigenvalue weighted by Crippen LogP contribution is -2.01. The van der Waals surface area contributed by atoms with Gasteiger partial charge in [-0.15, -0.1) is 21.5 Å². The van der Waals surface area contributed by atoms with Gasteiger partial charge in [0, 0.05) is 0 Å². The van der Waals surface area contributed by atoms with Crippen molar-refractivity contribution in [2.45, 2.75) is 6.92 Å². The van der Waals surface area contributed by atoms with E-state index in [0.717, 1.165) is 4.88 Å². The minimum atomic E-state index is 0.385. The second kappa shape index (κ2) is 3.51. The average Bonchev–Trinajstić information content (AvgIpc) is 2.51. The predicted molar refractivity (Wildman–Crippen MR) is 57.3 cm³/mol. The van der Waals surface area contributed by atoms with Crippen molar-refractivity contribution < 1.29 is 0 Å². The third kappa shape index (κ3) is 1.69. The number of nitrogen functional groups attached to an aromatic ring is 1. The normalized spacial score (nSPS) is 10.4. The lowest BCUT2D eigenvalue weighted by molar-refractivity contribution is 0.922. The van der Waals surface area contributed by atoms with Crippen LogP contribution >= 0.6 is 22.9 Å². The molecule has 0 radical (unpaired) electrons.